The van der Waals surface area contributed by atoms with Crippen molar-refractivity contribution in [2.75, 3.05) is 0 Å². The molecule has 4 heteroatoms. The van der Waals surface area contributed by atoms with Crippen molar-refractivity contribution in [3.63, 3.8) is 0 Å². The average Bonchev–Trinajstić information content (AvgIpc) is 3.12. The van der Waals surface area contributed by atoms with Gasteiger partial charge in [0.25, 0.3) is 0 Å². The molecule has 0 amide bonds. The van der Waals surface area contributed by atoms with Gasteiger partial charge in [-0.3, -0.25) is 0 Å². The highest BCUT2D eigenvalue weighted by Crippen LogP contribution is 2.51. The molecule has 1 saturated carbocycles. The van der Waals surface area contributed by atoms with Gasteiger partial charge in [0.15, 0.2) is 9.84 Å². The van der Waals surface area contributed by atoms with Crippen LogP contribution in [0.15, 0.2) is 35.2 Å². The predicted molar refractivity (Wildman–Crippen MR) is 75.6 cm³/mol. The van der Waals surface area contributed by atoms with Crippen LogP contribution in [0.5, 0.6) is 0 Å². The Morgan fingerprint density at radius 3 is 2.42 bits per heavy atom. The largest absolute Gasteiger partial charge is 0.393 e. The van der Waals surface area contributed by atoms with E-state index < -0.39 is 21.2 Å². The van der Waals surface area contributed by atoms with Gasteiger partial charge in [0.05, 0.1) is 16.2 Å². The number of benzene rings is 1. The van der Waals surface area contributed by atoms with Crippen LogP contribution in [0, 0.1) is 11.8 Å². The quantitative estimate of drug-likeness (QED) is 0.872. The number of hydrogen-bond donors (Lipinski definition) is 1. The van der Waals surface area contributed by atoms with E-state index in [1.807, 2.05) is 6.07 Å². The Labute approximate surface area is 115 Å². The van der Waals surface area contributed by atoms with Crippen molar-refractivity contribution in [1.82, 2.24) is 0 Å². The van der Waals surface area contributed by atoms with Crippen LogP contribution < -0.4 is 0 Å². The topological polar surface area (TPSA) is 54.4 Å². The van der Waals surface area contributed by atoms with Gasteiger partial charge in [-0.1, -0.05) is 38.0 Å². The summed E-state index contributed by atoms with van der Waals surface area (Å²) < 4.78 is 25.1. The van der Waals surface area contributed by atoms with E-state index in [0.29, 0.717) is 4.90 Å². The monoisotopic (exact) mass is 282 g/mol. The molecule has 1 aliphatic carbocycles. The molecule has 3 nitrogen and oxygen atoms in total. The maximum Gasteiger partial charge on any atom is 0.181 e. The zero-order valence-corrected chi connectivity index (χ0v) is 12.3. The normalized spacial score (nSPS) is 28.1. The molecule has 106 valence electrons. The molecule has 0 unspecified atom stereocenters. The Bertz CT molecular complexity index is 507. The number of rotatable bonds is 6. The van der Waals surface area contributed by atoms with Crippen molar-refractivity contribution in [2.45, 2.75) is 49.4 Å². The number of hydrogen-bond acceptors (Lipinski definition) is 3. The van der Waals surface area contributed by atoms with Crippen LogP contribution in [-0.4, -0.2) is 24.9 Å². The molecule has 0 aliphatic heterocycles. The number of unbranched alkanes of at least 4 members (excludes halogenated alkanes) is 1. The van der Waals surface area contributed by atoms with E-state index >= 15 is 0 Å². The van der Waals surface area contributed by atoms with Crippen LogP contribution in [-0.2, 0) is 9.84 Å². The zero-order valence-electron chi connectivity index (χ0n) is 11.5. The van der Waals surface area contributed by atoms with Gasteiger partial charge in [-0.2, -0.15) is 0 Å². The number of aliphatic hydroxyl groups excluding tert-OH is 1. The van der Waals surface area contributed by atoms with Gasteiger partial charge in [0, 0.05) is 5.92 Å². The molecule has 1 fully saturated rings. The highest BCUT2D eigenvalue weighted by molar-refractivity contribution is 7.92. The summed E-state index contributed by atoms with van der Waals surface area (Å²) in [6, 6.07) is 8.58. The summed E-state index contributed by atoms with van der Waals surface area (Å²) >= 11 is 0. The summed E-state index contributed by atoms with van der Waals surface area (Å²) in [4.78, 5) is 0.379. The third kappa shape index (κ3) is 2.84. The van der Waals surface area contributed by atoms with Crippen LogP contribution in [0.3, 0.4) is 0 Å². The molecule has 0 radical (unpaired) electrons. The lowest BCUT2D eigenvalue weighted by Crippen LogP contribution is -2.14. The summed E-state index contributed by atoms with van der Waals surface area (Å²) in [6.45, 7) is 3.80. The van der Waals surface area contributed by atoms with Crippen LogP contribution in [0.1, 0.15) is 33.1 Å². The maximum atomic E-state index is 12.6. The smallest absolute Gasteiger partial charge is 0.181 e. The van der Waals surface area contributed by atoms with E-state index in [-0.39, 0.29) is 11.8 Å². The van der Waals surface area contributed by atoms with Crippen LogP contribution >= 0.6 is 0 Å². The van der Waals surface area contributed by atoms with Gasteiger partial charge in [-0.15, -0.1) is 0 Å². The lowest BCUT2D eigenvalue weighted by atomic mass is 10.1. The molecule has 19 heavy (non-hydrogen) atoms. The van der Waals surface area contributed by atoms with E-state index in [1.165, 1.54) is 0 Å². The lowest BCUT2D eigenvalue weighted by Gasteiger charge is -2.05. The SMILES string of the molecule is CCCC[C@H]1[C@@H]([C@@H](C)O)[C@@H]1S(=O)(=O)c1ccccc1. The first kappa shape index (κ1) is 14.5. The molecule has 0 saturated heterocycles. The van der Waals surface area contributed by atoms with Gasteiger partial charge in [-0.05, 0) is 31.4 Å². The number of aliphatic hydroxyl groups is 1. The number of sulfone groups is 1. The predicted octanol–water partition coefficient (Wildman–Crippen LogP) is 2.65. The Balaban J connectivity index is 2.21. The molecule has 0 bridgehead atoms. The Morgan fingerprint density at radius 2 is 1.89 bits per heavy atom. The highest BCUT2D eigenvalue weighted by atomic mass is 32.2. The Morgan fingerprint density at radius 1 is 1.26 bits per heavy atom. The second kappa shape index (κ2) is 5.63. The molecule has 1 N–H and O–H groups in total. The summed E-state index contributed by atoms with van der Waals surface area (Å²) in [5.41, 5.74) is 0. The van der Waals surface area contributed by atoms with Crippen LogP contribution in [0.2, 0.25) is 0 Å². The van der Waals surface area contributed by atoms with Crippen molar-refractivity contribution in [3.8, 4) is 0 Å². The highest BCUT2D eigenvalue weighted by Gasteiger charge is 2.59. The van der Waals surface area contributed by atoms with Crippen LogP contribution in [0.4, 0.5) is 0 Å². The molecule has 4 atom stereocenters. The Hall–Kier alpha value is -0.870. The molecule has 1 aromatic rings. The minimum atomic E-state index is -3.30. The third-order valence-corrected chi connectivity index (χ3v) is 6.34. The summed E-state index contributed by atoms with van der Waals surface area (Å²) in [6.07, 6.45) is 2.42. The summed E-state index contributed by atoms with van der Waals surface area (Å²) in [7, 11) is -3.30. The minimum absolute atomic E-state index is 0.100. The molecule has 0 spiro atoms. The molecule has 1 aromatic carbocycles. The Kier molecular flexibility index (Phi) is 4.31. The fourth-order valence-corrected chi connectivity index (χ4v) is 5.38. The van der Waals surface area contributed by atoms with Crippen molar-refractivity contribution < 1.29 is 13.5 Å². The average molecular weight is 282 g/mol. The summed E-state index contributed by atoms with van der Waals surface area (Å²) in [5.74, 6) is 0.0157. The fourth-order valence-electron chi connectivity index (χ4n) is 3.00. The second-order valence-electron chi connectivity index (χ2n) is 5.45. The first-order valence-corrected chi connectivity index (χ1v) is 8.51. The molecular weight excluding hydrogens is 260 g/mol. The van der Waals surface area contributed by atoms with Crippen molar-refractivity contribution >= 4 is 9.84 Å². The van der Waals surface area contributed by atoms with Gasteiger partial charge in [0.2, 0.25) is 0 Å². The van der Waals surface area contributed by atoms with Crippen molar-refractivity contribution in [1.29, 1.82) is 0 Å². The van der Waals surface area contributed by atoms with Gasteiger partial charge in [0.1, 0.15) is 0 Å². The van der Waals surface area contributed by atoms with Crippen LogP contribution in [0.25, 0.3) is 0 Å². The van der Waals surface area contributed by atoms with E-state index in [1.54, 1.807) is 31.2 Å². The lowest BCUT2D eigenvalue weighted by molar-refractivity contribution is 0.163. The maximum absolute atomic E-state index is 12.6. The first-order chi connectivity index (χ1) is 9.00. The first-order valence-electron chi connectivity index (χ1n) is 6.97. The van der Waals surface area contributed by atoms with Crippen molar-refractivity contribution in [3.05, 3.63) is 30.3 Å². The van der Waals surface area contributed by atoms with Gasteiger partial charge < -0.3 is 5.11 Å². The minimum Gasteiger partial charge on any atom is -0.393 e. The van der Waals surface area contributed by atoms with E-state index in [9.17, 15) is 13.5 Å². The molecule has 0 heterocycles. The standard InChI is InChI=1S/C15H22O3S/c1-3-4-10-13-14(11(2)16)15(13)19(17,18)12-8-6-5-7-9-12/h5-9,11,13-16H,3-4,10H2,1-2H3/t11-,13+,14-,15-/m1/s1. The molecular formula is C15H22O3S. The molecule has 1 aliphatic rings. The van der Waals surface area contributed by atoms with E-state index in [0.717, 1.165) is 19.3 Å². The van der Waals surface area contributed by atoms with Crippen molar-refractivity contribution in [2.24, 2.45) is 11.8 Å². The fraction of sp³-hybridized carbons (Fsp3) is 0.600. The van der Waals surface area contributed by atoms with E-state index in [4.69, 9.17) is 0 Å². The second-order valence-corrected chi connectivity index (χ2v) is 7.55. The molecule has 0 aromatic heterocycles. The summed E-state index contributed by atoms with van der Waals surface area (Å²) in [5, 5.41) is 9.38. The van der Waals surface area contributed by atoms with Gasteiger partial charge >= 0.3 is 0 Å². The van der Waals surface area contributed by atoms with Gasteiger partial charge in [-0.25, -0.2) is 8.42 Å². The molecule has 2 rings (SSSR count). The zero-order chi connectivity index (χ0) is 14.0. The third-order valence-electron chi connectivity index (χ3n) is 4.03. The van der Waals surface area contributed by atoms with E-state index in [2.05, 4.69) is 6.92 Å².